The van der Waals surface area contributed by atoms with Crippen LogP contribution >= 0.6 is 12.4 Å². The molecule has 0 saturated carbocycles. The molecule has 236 valence electrons. The monoisotopic (exact) mass is 627 g/mol. The Morgan fingerprint density at radius 1 is 0.841 bits per heavy atom. The SMILES string of the molecule is Cl.N[C@@H]1C[C@H](N)CN(c2nc(Nc3ccc(C(=O)NCc4ccc5c(c4)OCO5)c(O)c3)nc(N3C[C@H](N)C[C@H](N)C3)n2)C1. The summed E-state index contributed by atoms with van der Waals surface area (Å²) in [7, 11) is 0. The predicted molar refractivity (Wildman–Crippen MR) is 168 cm³/mol. The molecule has 0 radical (unpaired) electrons. The molecule has 3 aromatic rings. The molecular formula is C28H38ClN11O4. The Kier molecular flexibility index (Phi) is 9.41. The van der Waals surface area contributed by atoms with Gasteiger partial charge in [0.25, 0.3) is 5.91 Å². The molecule has 3 aliphatic heterocycles. The summed E-state index contributed by atoms with van der Waals surface area (Å²) < 4.78 is 10.7. The average molecular weight is 628 g/mol. The lowest BCUT2D eigenvalue weighted by Gasteiger charge is -2.37. The summed E-state index contributed by atoms with van der Waals surface area (Å²) in [4.78, 5) is 30.8. The zero-order valence-electron chi connectivity index (χ0n) is 24.1. The van der Waals surface area contributed by atoms with Crippen LogP contribution in [0.1, 0.15) is 28.8 Å². The number of aromatic nitrogens is 3. The first kappa shape index (κ1) is 31.3. The van der Waals surface area contributed by atoms with Crippen LogP contribution in [0.5, 0.6) is 17.2 Å². The number of fused-ring (bicyclic) bond motifs is 1. The molecule has 44 heavy (non-hydrogen) atoms. The Labute approximate surface area is 260 Å². The van der Waals surface area contributed by atoms with Crippen molar-refractivity contribution >= 4 is 41.8 Å². The van der Waals surface area contributed by atoms with E-state index in [0.717, 1.165) is 5.56 Å². The van der Waals surface area contributed by atoms with Crippen LogP contribution < -0.4 is 52.8 Å². The van der Waals surface area contributed by atoms with Gasteiger partial charge in [-0.1, -0.05) is 6.07 Å². The Morgan fingerprint density at radius 3 is 2.02 bits per heavy atom. The smallest absolute Gasteiger partial charge is 0.255 e. The van der Waals surface area contributed by atoms with E-state index in [1.807, 2.05) is 21.9 Å². The quantitative estimate of drug-likeness (QED) is 0.185. The number of amides is 1. The van der Waals surface area contributed by atoms with E-state index in [0.29, 0.717) is 68.1 Å². The third-order valence-corrected chi connectivity index (χ3v) is 7.60. The number of nitrogens with two attached hydrogens (primary N) is 4. The molecule has 1 amide bonds. The number of hydrogen-bond donors (Lipinski definition) is 7. The molecule has 15 nitrogen and oxygen atoms in total. The fraction of sp³-hybridized carbons (Fsp3) is 0.429. The number of halogens is 1. The van der Waals surface area contributed by atoms with Crippen molar-refractivity contribution in [1.29, 1.82) is 0 Å². The number of piperidine rings is 2. The van der Waals surface area contributed by atoms with Crippen LogP contribution in [0.25, 0.3) is 0 Å². The summed E-state index contributed by atoms with van der Waals surface area (Å²) in [5.41, 5.74) is 26.4. The Hall–Kier alpha value is -4.15. The second-order valence-corrected chi connectivity index (χ2v) is 11.3. The van der Waals surface area contributed by atoms with E-state index < -0.39 is 5.91 Å². The fourth-order valence-electron chi connectivity index (χ4n) is 5.64. The van der Waals surface area contributed by atoms with Gasteiger partial charge in [-0.25, -0.2) is 0 Å². The van der Waals surface area contributed by atoms with E-state index in [-0.39, 0.29) is 67.2 Å². The van der Waals surface area contributed by atoms with Gasteiger partial charge in [0, 0.05) is 68.6 Å². The van der Waals surface area contributed by atoms with Crippen LogP contribution in [0.3, 0.4) is 0 Å². The molecule has 3 aliphatic rings. The van der Waals surface area contributed by atoms with Gasteiger partial charge >= 0.3 is 0 Å². The Balaban J connectivity index is 0.00000384. The molecule has 2 fully saturated rings. The molecule has 2 saturated heterocycles. The number of rotatable bonds is 7. The summed E-state index contributed by atoms with van der Waals surface area (Å²) in [6, 6.07) is 9.63. The summed E-state index contributed by atoms with van der Waals surface area (Å²) in [5, 5.41) is 16.7. The van der Waals surface area contributed by atoms with Crippen LogP contribution in [-0.4, -0.2) is 83.1 Å². The number of carbonyl (C=O) groups excluding carboxylic acids is 1. The summed E-state index contributed by atoms with van der Waals surface area (Å²) in [5.74, 6) is 1.76. The van der Waals surface area contributed by atoms with Gasteiger partial charge < -0.3 is 57.9 Å². The van der Waals surface area contributed by atoms with Crippen LogP contribution in [0, 0.1) is 0 Å². The highest BCUT2D eigenvalue weighted by molar-refractivity contribution is 5.97. The minimum atomic E-state index is -0.429. The molecule has 11 N–H and O–H groups in total. The van der Waals surface area contributed by atoms with E-state index in [2.05, 4.69) is 20.6 Å². The summed E-state index contributed by atoms with van der Waals surface area (Å²) in [6.07, 6.45) is 1.43. The van der Waals surface area contributed by atoms with Gasteiger partial charge in [-0.15, -0.1) is 12.4 Å². The van der Waals surface area contributed by atoms with Gasteiger partial charge in [0.1, 0.15) is 5.75 Å². The molecule has 6 rings (SSSR count). The molecule has 0 bridgehead atoms. The number of benzene rings is 2. The molecule has 4 atom stereocenters. The number of carbonyl (C=O) groups is 1. The fourth-order valence-corrected chi connectivity index (χ4v) is 5.64. The highest BCUT2D eigenvalue weighted by Gasteiger charge is 2.29. The van der Waals surface area contributed by atoms with Crippen LogP contribution in [0.4, 0.5) is 23.5 Å². The first-order valence-corrected chi connectivity index (χ1v) is 14.2. The van der Waals surface area contributed by atoms with Crippen molar-refractivity contribution in [3.63, 3.8) is 0 Å². The lowest BCUT2D eigenvalue weighted by atomic mass is 10.0. The highest BCUT2D eigenvalue weighted by Crippen LogP contribution is 2.32. The van der Waals surface area contributed by atoms with Crippen LogP contribution in [0.15, 0.2) is 36.4 Å². The molecule has 0 unspecified atom stereocenters. The third kappa shape index (κ3) is 7.14. The van der Waals surface area contributed by atoms with Gasteiger partial charge in [-0.05, 0) is 42.7 Å². The largest absolute Gasteiger partial charge is 0.507 e. The van der Waals surface area contributed by atoms with Gasteiger partial charge in [-0.3, -0.25) is 4.79 Å². The van der Waals surface area contributed by atoms with Gasteiger partial charge in [-0.2, -0.15) is 15.0 Å². The predicted octanol–water partition coefficient (Wildman–Crippen LogP) is 0.131. The molecule has 2 aromatic carbocycles. The first-order chi connectivity index (χ1) is 20.7. The summed E-state index contributed by atoms with van der Waals surface area (Å²) in [6.45, 7) is 2.62. The number of ether oxygens (including phenoxy) is 2. The second kappa shape index (κ2) is 13.2. The minimum absolute atomic E-state index is 0. The molecule has 1 aromatic heterocycles. The maximum Gasteiger partial charge on any atom is 0.255 e. The van der Waals surface area contributed by atoms with Crippen molar-refractivity contribution < 1.29 is 19.4 Å². The first-order valence-electron chi connectivity index (χ1n) is 14.2. The molecule has 0 aliphatic carbocycles. The van der Waals surface area contributed by atoms with Crippen molar-refractivity contribution in [1.82, 2.24) is 20.3 Å². The van der Waals surface area contributed by atoms with Gasteiger partial charge in [0.15, 0.2) is 11.5 Å². The van der Waals surface area contributed by atoms with E-state index in [1.54, 1.807) is 12.1 Å². The maximum absolute atomic E-state index is 12.9. The number of phenolic OH excluding ortho intramolecular Hbond substituents is 1. The lowest BCUT2D eigenvalue weighted by Crippen LogP contribution is -2.54. The van der Waals surface area contributed by atoms with E-state index in [4.69, 9.17) is 37.4 Å². The van der Waals surface area contributed by atoms with E-state index in [1.165, 1.54) is 12.1 Å². The van der Waals surface area contributed by atoms with Crippen molar-refractivity contribution in [3.8, 4) is 17.2 Å². The van der Waals surface area contributed by atoms with E-state index in [9.17, 15) is 9.90 Å². The standard InChI is InChI=1S/C28H37N11O4.ClH/c29-16-6-17(30)11-38(10-16)27-35-26(36-28(37-27)39-12-18(31)7-19(32)13-39)34-20-2-3-21(22(40)8-20)25(41)33-9-15-1-4-23-24(5-15)43-14-42-23;/h1-5,8,16-19,40H,6-7,9-14,29-32H2,(H,33,41)(H,34,35,36,37);1H/t16-,17+,18-,19+;. The zero-order chi connectivity index (χ0) is 30.1. The third-order valence-electron chi connectivity index (χ3n) is 7.60. The number of hydrogen-bond acceptors (Lipinski definition) is 14. The average Bonchev–Trinajstić information content (AvgIpc) is 3.43. The van der Waals surface area contributed by atoms with Crippen LogP contribution in [-0.2, 0) is 6.54 Å². The minimum Gasteiger partial charge on any atom is -0.507 e. The zero-order valence-corrected chi connectivity index (χ0v) is 24.9. The molecule has 16 heteroatoms. The number of aromatic hydroxyl groups is 1. The number of nitrogens with one attached hydrogen (secondary N) is 2. The van der Waals surface area contributed by atoms with Gasteiger partial charge in [0.2, 0.25) is 24.6 Å². The van der Waals surface area contributed by atoms with Crippen LogP contribution in [0.2, 0.25) is 0 Å². The molecular weight excluding hydrogens is 590 g/mol. The maximum atomic E-state index is 12.9. The highest BCUT2D eigenvalue weighted by atomic mass is 35.5. The molecule has 0 spiro atoms. The van der Waals surface area contributed by atoms with Crippen molar-refractivity contribution in [2.75, 3.05) is 48.1 Å². The Morgan fingerprint density at radius 2 is 1.43 bits per heavy atom. The van der Waals surface area contributed by atoms with Crippen molar-refractivity contribution in [2.24, 2.45) is 22.9 Å². The lowest BCUT2D eigenvalue weighted by molar-refractivity contribution is 0.0948. The number of nitrogens with zero attached hydrogens (tertiary/aromatic N) is 5. The van der Waals surface area contributed by atoms with Crippen molar-refractivity contribution in [2.45, 2.75) is 43.6 Å². The number of phenols is 1. The Bertz CT molecular complexity index is 1430. The topological polar surface area (TPSA) is 229 Å². The molecule has 4 heterocycles. The summed E-state index contributed by atoms with van der Waals surface area (Å²) >= 11 is 0. The van der Waals surface area contributed by atoms with E-state index >= 15 is 0 Å². The van der Waals surface area contributed by atoms with Gasteiger partial charge in [0.05, 0.1) is 5.56 Å². The van der Waals surface area contributed by atoms with Crippen molar-refractivity contribution in [3.05, 3.63) is 47.5 Å². The number of anilines is 4. The second-order valence-electron chi connectivity index (χ2n) is 11.3. The normalized spacial score (nSPS) is 22.7.